The monoisotopic (exact) mass is 374 g/mol. The van der Waals surface area contributed by atoms with Crippen molar-refractivity contribution in [2.75, 3.05) is 5.32 Å². The maximum Gasteiger partial charge on any atom is 0.433 e. The number of nitrogens with zero attached hydrogens (tertiary/aromatic N) is 1. The van der Waals surface area contributed by atoms with Crippen LogP contribution >= 0.6 is 12.2 Å². The number of thiocarbonyl (C=S) groups is 1. The minimum atomic E-state index is -0.656. The molecule has 26 heavy (non-hydrogen) atoms. The quantitative estimate of drug-likeness (QED) is 0.319. The van der Waals surface area contributed by atoms with Crippen LogP contribution in [0.1, 0.15) is 31.1 Å². The molecule has 136 valence electrons. The lowest BCUT2D eigenvalue weighted by molar-refractivity contribution is -0.402. The molecular weight excluding hydrogens is 356 g/mol. The SMILES string of the molecule is CC(C)c1ccc(NC(=S)NNC(=O)/C=C/c2ccc([N+](=O)[O-])o2)cc1. The van der Waals surface area contributed by atoms with Gasteiger partial charge in [-0.15, -0.1) is 0 Å². The van der Waals surface area contributed by atoms with E-state index < -0.39 is 16.7 Å². The largest absolute Gasteiger partial charge is 0.433 e. The lowest BCUT2D eigenvalue weighted by Gasteiger charge is -2.11. The smallest absolute Gasteiger partial charge is 0.401 e. The summed E-state index contributed by atoms with van der Waals surface area (Å²) in [4.78, 5) is 21.6. The van der Waals surface area contributed by atoms with Gasteiger partial charge in [0, 0.05) is 11.8 Å². The Kier molecular flexibility index (Phi) is 6.45. The molecular formula is C17H18N4O4S. The highest BCUT2D eigenvalue weighted by Gasteiger charge is 2.10. The van der Waals surface area contributed by atoms with Crippen molar-refractivity contribution in [3.63, 3.8) is 0 Å². The number of hydrogen-bond acceptors (Lipinski definition) is 5. The second kappa shape index (κ2) is 8.77. The van der Waals surface area contributed by atoms with E-state index in [1.807, 2.05) is 24.3 Å². The van der Waals surface area contributed by atoms with Crippen LogP contribution in [-0.2, 0) is 4.79 Å². The van der Waals surface area contributed by atoms with Crippen molar-refractivity contribution < 1.29 is 14.1 Å². The molecule has 0 aliphatic rings. The van der Waals surface area contributed by atoms with Crippen molar-refractivity contribution in [1.82, 2.24) is 10.9 Å². The van der Waals surface area contributed by atoms with Gasteiger partial charge in [0.25, 0.3) is 5.91 Å². The molecule has 1 aromatic carbocycles. The summed E-state index contributed by atoms with van der Waals surface area (Å²) in [7, 11) is 0. The fourth-order valence-electron chi connectivity index (χ4n) is 1.96. The van der Waals surface area contributed by atoms with Gasteiger partial charge in [-0.25, -0.2) is 0 Å². The van der Waals surface area contributed by atoms with E-state index in [-0.39, 0.29) is 10.9 Å². The molecule has 2 rings (SSSR count). The van der Waals surface area contributed by atoms with Crippen molar-refractivity contribution in [2.45, 2.75) is 19.8 Å². The fraction of sp³-hybridized carbons (Fsp3) is 0.176. The zero-order valence-electron chi connectivity index (χ0n) is 14.2. The normalized spacial score (nSPS) is 10.7. The molecule has 0 aliphatic carbocycles. The van der Waals surface area contributed by atoms with Gasteiger partial charge in [-0.1, -0.05) is 26.0 Å². The Bertz CT molecular complexity index is 828. The van der Waals surface area contributed by atoms with Crippen LogP contribution in [0.25, 0.3) is 6.08 Å². The molecule has 0 bridgehead atoms. The van der Waals surface area contributed by atoms with E-state index in [1.165, 1.54) is 23.8 Å². The number of furan rings is 1. The minimum Gasteiger partial charge on any atom is -0.401 e. The highest BCUT2D eigenvalue weighted by Crippen LogP contribution is 2.17. The topological polar surface area (TPSA) is 109 Å². The van der Waals surface area contributed by atoms with Crippen LogP contribution in [0.2, 0.25) is 0 Å². The van der Waals surface area contributed by atoms with Crippen molar-refractivity contribution >= 4 is 40.9 Å². The molecule has 1 amide bonds. The van der Waals surface area contributed by atoms with Crippen molar-refractivity contribution in [1.29, 1.82) is 0 Å². The van der Waals surface area contributed by atoms with Gasteiger partial charge in [0.05, 0.1) is 6.07 Å². The molecule has 0 radical (unpaired) electrons. The van der Waals surface area contributed by atoms with Crippen LogP contribution in [0.3, 0.4) is 0 Å². The molecule has 9 heteroatoms. The third-order valence-corrected chi connectivity index (χ3v) is 3.53. The summed E-state index contributed by atoms with van der Waals surface area (Å²) in [6, 6.07) is 10.4. The Labute approximate surface area is 155 Å². The van der Waals surface area contributed by atoms with E-state index in [9.17, 15) is 14.9 Å². The summed E-state index contributed by atoms with van der Waals surface area (Å²) in [5, 5.41) is 13.7. The predicted octanol–water partition coefficient (Wildman–Crippen LogP) is 3.34. The van der Waals surface area contributed by atoms with Crippen molar-refractivity contribution in [3.8, 4) is 0 Å². The molecule has 0 atom stereocenters. The van der Waals surface area contributed by atoms with Crippen molar-refractivity contribution in [2.24, 2.45) is 0 Å². The first-order chi connectivity index (χ1) is 12.3. The Hall–Kier alpha value is -3.20. The third-order valence-electron chi connectivity index (χ3n) is 3.33. The van der Waals surface area contributed by atoms with E-state index >= 15 is 0 Å². The van der Waals surface area contributed by atoms with E-state index in [4.69, 9.17) is 16.6 Å². The zero-order valence-corrected chi connectivity index (χ0v) is 15.0. The molecule has 0 aliphatic heterocycles. The average Bonchev–Trinajstić information content (AvgIpc) is 3.08. The standard InChI is InChI=1S/C17H18N4O4S/c1-11(2)12-3-5-13(6-4-12)18-17(26)20-19-15(22)9-7-14-8-10-16(25-14)21(23)24/h3-11H,1-2H3,(H,19,22)(H2,18,20,26)/b9-7+. The third kappa shape index (κ3) is 5.71. The second-order valence-electron chi connectivity index (χ2n) is 5.61. The van der Waals surface area contributed by atoms with Crippen LogP contribution in [-0.4, -0.2) is 15.9 Å². The van der Waals surface area contributed by atoms with Crippen LogP contribution in [0.5, 0.6) is 0 Å². The Balaban J connectivity index is 1.79. The lowest BCUT2D eigenvalue weighted by atomic mass is 10.0. The van der Waals surface area contributed by atoms with Crippen molar-refractivity contribution in [3.05, 3.63) is 63.9 Å². The van der Waals surface area contributed by atoms with Crippen LogP contribution < -0.4 is 16.2 Å². The molecule has 0 saturated carbocycles. The first-order valence-electron chi connectivity index (χ1n) is 7.74. The van der Waals surface area contributed by atoms with Gasteiger partial charge in [0.15, 0.2) is 5.11 Å². The van der Waals surface area contributed by atoms with Gasteiger partial charge in [-0.2, -0.15) is 0 Å². The molecule has 8 nitrogen and oxygen atoms in total. The number of carbonyl (C=O) groups is 1. The first kappa shape index (κ1) is 19.1. The van der Waals surface area contributed by atoms with Crippen LogP contribution in [0, 0.1) is 10.1 Å². The van der Waals surface area contributed by atoms with Gasteiger partial charge in [-0.05, 0) is 48.0 Å². The average molecular weight is 374 g/mol. The van der Waals surface area contributed by atoms with E-state index in [0.29, 0.717) is 5.92 Å². The van der Waals surface area contributed by atoms with Crippen LogP contribution in [0.15, 0.2) is 46.9 Å². The second-order valence-corrected chi connectivity index (χ2v) is 6.02. The van der Waals surface area contributed by atoms with Gasteiger partial charge in [0.1, 0.15) is 10.7 Å². The number of hydrogen-bond donors (Lipinski definition) is 3. The van der Waals surface area contributed by atoms with Crippen LogP contribution in [0.4, 0.5) is 11.6 Å². The molecule has 0 unspecified atom stereocenters. The number of anilines is 1. The molecule has 0 spiro atoms. The number of nitrogens with one attached hydrogen (secondary N) is 3. The number of amides is 1. The zero-order chi connectivity index (χ0) is 19.1. The molecule has 0 fully saturated rings. The fourth-order valence-corrected chi connectivity index (χ4v) is 2.13. The summed E-state index contributed by atoms with van der Waals surface area (Å²) >= 11 is 5.09. The molecule has 0 saturated heterocycles. The Morgan fingerprint density at radius 1 is 1.19 bits per heavy atom. The summed E-state index contributed by atoms with van der Waals surface area (Å²) in [5.74, 6) is -0.256. The maximum absolute atomic E-state index is 11.7. The van der Waals surface area contributed by atoms with E-state index in [1.54, 1.807) is 0 Å². The Morgan fingerprint density at radius 2 is 1.88 bits per heavy atom. The van der Waals surface area contributed by atoms with E-state index in [2.05, 4.69) is 30.0 Å². The number of benzene rings is 1. The first-order valence-corrected chi connectivity index (χ1v) is 8.15. The number of carbonyl (C=O) groups excluding carboxylic acids is 1. The molecule has 2 aromatic rings. The predicted molar refractivity (Wildman–Crippen MR) is 102 cm³/mol. The van der Waals surface area contributed by atoms with Gasteiger partial charge < -0.3 is 9.73 Å². The molecule has 1 aromatic heterocycles. The number of hydrazine groups is 1. The maximum atomic E-state index is 11.7. The minimum absolute atomic E-state index is 0.192. The van der Waals surface area contributed by atoms with Gasteiger partial charge in [0.2, 0.25) is 0 Å². The summed E-state index contributed by atoms with van der Waals surface area (Å²) in [6.45, 7) is 4.22. The number of rotatable bonds is 5. The lowest BCUT2D eigenvalue weighted by Crippen LogP contribution is -2.43. The highest BCUT2D eigenvalue weighted by atomic mass is 32.1. The Morgan fingerprint density at radius 3 is 2.46 bits per heavy atom. The summed E-state index contributed by atoms with van der Waals surface area (Å²) < 4.78 is 4.90. The highest BCUT2D eigenvalue weighted by molar-refractivity contribution is 7.80. The summed E-state index contributed by atoms with van der Waals surface area (Å²) in [5.41, 5.74) is 6.94. The number of nitro groups is 1. The molecule has 1 heterocycles. The van der Waals surface area contributed by atoms with Gasteiger partial charge in [-0.3, -0.25) is 25.8 Å². The van der Waals surface area contributed by atoms with Gasteiger partial charge >= 0.3 is 5.88 Å². The van der Waals surface area contributed by atoms with E-state index in [0.717, 1.165) is 11.8 Å². The molecule has 3 N–H and O–H groups in total. The summed E-state index contributed by atoms with van der Waals surface area (Å²) in [6.07, 6.45) is 2.47.